The highest BCUT2D eigenvalue weighted by Crippen LogP contribution is 2.38. The van der Waals surface area contributed by atoms with E-state index in [0.717, 1.165) is 22.8 Å². The Hall–Kier alpha value is -3.91. The summed E-state index contributed by atoms with van der Waals surface area (Å²) in [7, 11) is 3.25. The number of carbonyl (C=O) groups excluding carboxylic acids is 1. The topological polar surface area (TPSA) is 78.6 Å². The lowest BCUT2D eigenvalue weighted by Crippen LogP contribution is -2.21. The van der Waals surface area contributed by atoms with Gasteiger partial charge < -0.3 is 9.47 Å². The van der Waals surface area contributed by atoms with Gasteiger partial charge in [-0.25, -0.2) is 9.50 Å². The molecule has 2 aromatic heterocycles. The lowest BCUT2D eigenvalue weighted by Gasteiger charge is -2.24. The molecule has 0 saturated carbocycles. The summed E-state index contributed by atoms with van der Waals surface area (Å²) in [4.78, 5) is 22.5. The van der Waals surface area contributed by atoms with Gasteiger partial charge in [0.05, 0.1) is 25.5 Å². The summed E-state index contributed by atoms with van der Waals surface area (Å²) in [6.45, 7) is 0. The van der Waals surface area contributed by atoms with E-state index in [9.17, 15) is 4.79 Å². The molecular formula is C28H24N4O3S. The molecule has 0 spiro atoms. The van der Waals surface area contributed by atoms with Gasteiger partial charge in [0.15, 0.2) is 5.78 Å². The molecule has 0 amide bonds. The summed E-state index contributed by atoms with van der Waals surface area (Å²) < 4.78 is 12.5. The highest BCUT2D eigenvalue weighted by molar-refractivity contribution is 7.98. The predicted molar refractivity (Wildman–Crippen MR) is 139 cm³/mol. The first-order valence-electron chi connectivity index (χ1n) is 11.7. The normalized spacial score (nSPS) is 15.3. The van der Waals surface area contributed by atoms with Crippen molar-refractivity contribution in [3.8, 4) is 11.5 Å². The van der Waals surface area contributed by atoms with Crippen LogP contribution in [0.1, 0.15) is 39.5 Å². The number of rotatable bonds is 6. The third-order valence-corrected chi connectivity index (χ3v) is 7.57. The predicted octanol–water partition coefficient (Wildman–Crippen LogP) is 5.50. The van der Waals surface area contributed by atoms with Crippen molar-refractivity contribution in [1.82, 2.24) is 19.6 Å². The van der Waals surface area contributed by atoms with E-state index in [1.54, 1.807) is 36.7 Å². The molecule has 180 valence electrons. The minimum atomic E-state index is -0.0241. The maximum atomic E-state index is 13.1. The molecule has 0 saturated heterocycles. The second-order valence-electron chi connectivity index (χ2n) is 8.80. The lowest BCUT2D eigenvalue weighted by atomic mass is 9.82. The van der Waals surface area contributed by atoms with Crippen LogP contribution in [0.5, 0.6) is 11.5 Å². The molecule has 5 aromatic rings. The number of ketones is 1. The monoisotopic (exact) mass is 496 g/mol. The number of fused-ring (bicyclic) bond motifs is 3. The summed E-state index contributed by atoms with van der Waals surface area (Å²) in [5.41, 5.74) is 3.57. The van der Waals surface area contributed by atoms with Gasteiger partial charge in [0.1, 0.15) is 11.5 Å². The first kappa shape index (κ1) is 22.5. The SMILES string of the molecule is COc1ccc(C2CC(=O)c3cn4nc(SCc5cccc6ccccc56)nc4nc3C2)c(OC)c1. The summed E-state index contributed by atoms with van der Waals surface area (Å²) in [6, 6.07) is 20.4. The zero-order valence-corrected chi connectivity index (χ0v) is 20.8. The van der Waals surface area contributed by atoms with Crippen molar-refractivity contribution in [1.29, 1.82) is 0 Å². The van der Waals surface area contributed by atoms with Crippen LogP contribution in [0.25, 0.3) is 16.6 Å². The van der Waals surface area contributed by atoms with Crippen molar-refractivity contribution in [3.63, 3.8) is 0 Å². The molecule has 0 fully saturated rings. The average Bonchev–Trinajstić information content (AvgIpc) is 3.32. The van der Waals surface area contributed by atoms with Crippen molar-refractivity contribution < 1.29 is 14.3 Å². The number of methoxy groups -OCH3 is 2. The number of hydrogen-bond donors (Lipinski definition) is 0. The fourth-order valence-electron chi connectivity index (χ4n) is 4.86. The Balaban J connectivity index is 1.27. The largest absolute Gasteiger partial charge is 0.497 e. The van der Waals surface area contributed by atoms with Crippen molar-refractivity contribution in [2.45, 2.75) is 29.7 Å². The molecule has 8 heteroatoms. The molecule has 1 atom stereocenters. The van der Waals surface area contributed by atoms with E-state index in [1.807, 2.05) is 24.3 Å². The van der Waals surface area contributed by atoms with Crippen molar-refractivity contribution >= 4 is 34.1 Å². The van der Waals surface area contributed by atoms with Crippen LogP contribution in [0.2, 0.25) is 0 Å². The van der Waals surface area contributed by atoms with Gasteiger partial charge in [-0.2, -0.15) is 4.98 Å². The van der Waals surface area contributed by atoms with Gasteiger partial charge in [-0.1, -0.05) is 60.3 Å². The van der Waals surface area contributed by atoms with E-state index in [4.69, 9.17) is 14.5 Å². The summed E-state index contributed by atoms with van der Waals surface area (Å²) in [5, 5.41) is 7.68. The molecular weight excluding hydrogens is 472 g/mol. The molecule has 0 bridgehead atoms. The molecule has 1 unspecified atom stereocenters. The van der Waals surface area contributed by atoms with Crippen LogP contribution < -0.4 is 9.47 Å². The number of nitrogens with zero attached hydrogens (tertiary/aromatic N) is 4. The molecule has 2 heterocycles. The number of Topliss-reactive ketones (excluding diaryl/α,β-unsaturated/α-hetero) is 1. The van der Waals surface area contributed by atoms with E-state index in [0.29, 0.717) is 35.1 Å². The maximum Gasteiger partial charge on any atom is 0.253 e. The van der Waals surface area contributed by atoms with Gasteiger partial charge in [0, 0.05) is 30.4 Å². The molecule has 0 N–H and O–H groups in total. The number of carbonyl (C=O) groups is 1. The van der Waals surface area contributed by atoms with Gasteiger partial charge in [-0.15, -0.1) is 5.10 Å². The van der Waals surface area contributed by atoms with Gasteiger partial charge in [0.25, 0.3) is 5.78 Å². The van der Waals surface area contributed by atoms with Crippen LogP contribution in [0.3, 0.4) is 0 Å². The molecule has 0 aliphatic heterocycles. The Morgan fingerprint density at radius 1 is 1.00 bits per heavy atom. The van der Waals surface area contributed by atoms with E-state index in [-0.39, 0.29) is 11.7 Å². The minimum Gasteiger partial charge on any atom is -0.497 e. The van der Waals surface area contributed by atoms with E-state index >= 15 is 0 Å². The van der Waals surface area contributed by atoms with Gasteiger partial charge in [-0.05, 0) is 34.4 Å². The molecule has 0 radical (unpaired) electrons. The standard InChI is InChI=1S/C28H24N4O3S/c1-34-20-10-11-22(26(14-20)35-2)19-12-24-23(25(33)13-19)15-32-27(29-24)30-28(31-32)36-16-18-8-5-7-17-6-3-4-9-21(17)18/h3-11,14-15,19H,12-13,16H2,1-2H3. The zero-order chi connectivity index (χ0) is 24.6. The molecule has 1 aliphatic rings. The van der Waals surface area contributed by atoms with E-state index in [1.165, 1.54) is 16.3 Å². The number of thioether (sulfide) groups is 1. The van der Waals surface area contributed by atoms with Crippen LogP contribution in [0.4, 0.5) is 0 Å². The Morgan fingerprint density at radius 3 is 2.72 bits per heavy atom. The quantitative estimate of drug-likeness (QED) is 0.287. The third-order valence-electron chi connectivity index (χ3n) is 6.68. The summed E-state index contributed by atoms with van der Waals surface area (Å²) in [6.07, 6.45) is 2.79. The van der Waals surface area contributed by atoms with Gasteiger partial charge >= 0.3 is 0 Å². The molecule has 36 heavy (non-hydrogen) atoms. The molecule has 7 nitrogen and oxygen atoms in total. The first-order chi connectivity index (χ1) is 17.6. The fourth-order valence-corrected chi connectivity index (χ4v) is 5.69. The van der Waals surface area contributed by atoms with Crippen LogP contribution in [-0.2, 0) is 12.2 Å². The second-order valence-corrected chi connectivity index (χ2v) is 9.75. The van der Waals surface area contributed by atoms with Gasteiger partial charge in [-0.3, -0.25) is 4.79 Å². The molecule has 6 rings (SSSR count). The highest BCUT2D eigenvalue weighted by atomic mass is 32.2. The summed E-state index contributed by atoms with van der Waals surface area (Å²) in [5.74, 6) is 2.71. The van der Waals surface area contributed by atoms with E-state index in [2.05, 4.69) is 46.5 Å². The summed E-state index contributed by atoms with van der Waals surface area (Å²) >= 11 is 1.57. The Morgan fingerprint density at radius 2 is 1.86 bits per heavy atom. The second kappa shape index (κ2) is 9.28. The van der Waals surface area contributed by atoms with Crippen molar-refractivity contribution in [3.05, 3.63) is 89.2 Å². The number of hydrogen-bond acceptors (Lipinski definition) is 7. The maximum absolute atomic E-state index is 13.1. The van der Waals surface area contributed by atoms with Crippen LogP contribution in [0.15, 0.2) is 72.0 Å². The van der Waals surface area contributed by atoms with E-state index < -0.39 is 0 Å². The van der Waals surface area contributed by atoms with Crippen LogP contribution >= 0.6 is 11.8 Å². The van der Waals surface area contributed by atoms with Crippen molar-refractivity contribution in [2.24, 2.45) is 0 Å². The Kier molecular flexibility index (Phi) is 5.81. The fraction of sp³-hybridized carbons (Fsp3) is 0.214. The number of aromatic nitrogens is 4. The lowest BCUT2D eigenvalue weighted by molar-refractivity contribution is 0.0962. The number of benzene rings is 3. The van der Waals surface area contributed by atoms with Crippen LogP contribution in [0, 0.1) is 0 Å². The van der Waals surface area contributed by atoms with Crippen molar-refractivity contribution in [2.75, 3.05) is 14.2 Å². The molecule has 3 aromatic carbocycles. The van der Waals surface area contributed by atoms with Gasteiger partial charge in [0.2, 0.25) is 5.16 Å². The first-order valence-corrected chi connectivity index (χ1v) is 12.7. The Labute approximate surface area is 212 Å². The number of ether oxygens (including phenoxy) is 2. The highest BCUT2D eigenvalue weighted by Gasteiger charge is 2.30. The average molecular weight is 497 g/mol. The molecule has 1 aliphatic carbocycles. The third kappa shape index (κ3) is 4.07. The zero-order valence-electron chi connectivity index (χ0n) is 20.0. The smallest absolute Gasteiger partial charge is 0.253 e. The Bertz CT molecular complexity index is 1610. The minimum absolute atomic E-state index is 0.0241. The van der Waals surface area contributed by atoms with Crippen LogP contribution in [-0.4, -0.2) is 39.6 Å².